The largest absolute Gasteiger partial charge is 0.468 e. The molecular formula is C32H31ClN2O9. The number of benzene rings is 3. The number of likely N-dealkylation sites (tertiary alicyclic amines) is 1. The number of rotatable bonds is 11. The fourth-order valence-corrected chi connectivity index (χ4v) is 6.36. The lowest BCUT2D eigenvalue weighted by atomic mass is 9.63. The van der Waals surface area contributed by atoms with Crippen LogP contribution in [0.3, 0.4) is 0 Å². The SMILES string of the molecule is COC(=O)C(CN1CC(c2ccccc2)C(C(=O)OC)(C(C[N+](=O)[O-])c2ccccc2)C1=O)(C(=O)OC)c1ccc(Cl)cc1. The van der Waals surface area contributed by atoms with Gasteiger partial charge in [-0.1, -0.05) is 84.4 Å². The Balaban J connectivity index is 2.00. The molecule has 12 heteroatoms. The molecule has 1 aliphatic rings. The van der Waals surface area contributed by atoms with Crippen molar-refractivity contribution in [3.63, 3.8) is 0 Å². The van der Waals surface area contributed by atoms with Crippen LogP contribution < -0.4 is 0 Å². The van der Waals surface area contributed by atoms with Crippen molar-refractivity contribution in [1.82, 2.24) is 4.90 Å². The van der Waals surface area contributed by atoms with Crippen molar-refractivity contribution in [1.29, 1.82) is 0 Å². The van der Waals surface area contributed by atoms with Crippen molar-refractivity contribution in [2.45, 2.75) is 17.3 Å². The lowest BCUT2D eigenvalue weighted by Gasteiger charge is -2.36. The van der Waals surface area contributed by atoms with Crippen LogP contribution in [0.4, 0.5) is 0 Å². The standard InChI is InChI=1S/C32H31ClN2O9/c1-42-28(37)31(29(38)43-2,23-14-16-24(33)17-15-23)20-34-18-25(21-10-6-4-7-11-21)32(27(34)36,30(39)44-3)26(19-35(40)41)22-12-8-5-9-13-22/h4-17,25-26H,18-20H2,1-3H3. The Labute approximate surface area is 258 Å². The Kier molecular flexibility index (Phi) is 9.68. The second-order valence-corrected chi connectivity index (χ2v) is 10.8. The Hall–Kier alpha value is -4.77. The van der Waals surface area contributed by atoms with Gasteiger partial charge in [-0.15, -0.1) is 0 Å². The van der Waals surface area contributed by atoms with E-state index in [9.17, 15) is 29.3 Å². The lowest BCUT2D eigenvalue weighted by Crippen LogP contribution is -2.56. The van der Waals surface area contributed by atoms with Crippen molar-refractivity contribution in [3.05, 3.63) is 117 Å². The Morgan fingerprint density at radius 2 is 1.48 bits per heavy atom. The molecule has 1 fully saturated rings. The summed E-state index contributed by atoms with van der Waals surface area (Å²) in [5, 5.41) is 12.4. The van der Waals surface area contributed by atoms with Gasteiger partial charge in [-0.25, -0.2) is 0 Å². The average molecular weight is 623 g/mol. The summed E-state index contributed by atoms with van der Waals surface area (Å²) in [6.45, 7) is -1.57. The third-order valence-electron chi connectivity index (χ3n) is 8.23. The number of hydrogen-bond donors (Lipinski definition) is 0. The molecule has 0 aromatic heterocycles. The number of carbonyl (C=O) groups is 4. The molecule has 3 unspecified atom stereocenters. The minimum atomic E-state index is -2.19. The van der Waals surface area contributed by atoms with E-state index in [4.69, 9.17) is 25.8 Å². The Bertz CT molecular complexity index is 1520. The minimum absolute atomic E-state index is 0.130. The minimum Gasteiger partial charge on any atom is -0.468 e. The zero-order valence-corrected chi connectivity index (χ0v) is 25.1. The number of nitrogens with zero attached hydrogens (tertiary/aromatic N) is 2. The van der Waals surface area contributed by atoms with Crippen molar-refractivity contribution in [2.24, 2.45) is 5.41 Å². The van der Waals surface area contributed by atoms with E-state index in [0.717, 1.165) is 21.3 Å². The van der Waals surface area contributed by atoms with Gasteiger partial charge in [0.2, 0.25) is 17.9 Å². The summed E-state index contributed by atoms with van der Waals surface area (Å²) >= 11 is 6.09. The highest BCUT2D eigenvalue weighted by Gasteiger charge is 2.67. The van der Waals surface area contributed by atoms with Gasteiger partial charge < -0.3 is 19.1 Å². The van der Waals surface area contributed by atoms with Crippen LogP contribution in [-0.2, 0) is 38.8 Å². The molecule has 1 amide bonds. The molecule has 1 saturated heterocycles. The maximum Gasteiger partial charge on any atom is 0.329 e. The number of amides is 1. The van der Waals surface area contributed by atoms with E-state index in [2.05, 4.69) is 0 Å². The molecule has 44 heavy (non-hydrogen) atoms. The van der Waals surface area contributed by atoms with Crippen LogP contribution in [0.15, 0.2) is 84.9 Å². The molecule has 1 heterocycles. The predicted molar refractivity (Wildman–Crippen MR) is 158 cm³/mol. The van der Waals surface area contributed by atoms with Gasteiger partial charge in [0.25, 0.3) is 0 Å². The molecule has 0 radical (unpaired) electrons. The maximum absolute atomic E-state index is 14.9. The molecular weight excluding hydrogens is 592 g/mol. The van der Waals surface area contributed by atoms with Crippen LogP contribution in [0.5, 0.6) is 0 Å². The van der Waals surface area contributed by atoms with Gasteiger partial charge in [-0.2, -0.15) is 0 Å². The summed E-state index contributed by atoms with van der Waals surface area (Å²) in [5.74, 6) is -6.13. The Morgan fingerprint density at radius 1 is 0.932 bits per heavy atom. The molecule has 1 aliphatic heterocycles. The molecule has 4 rings (SSSR count). The highest BCUT2D eigenvalue weighted by atomic mass is 35.5. The van der Waals surface area contributed by atoms with Crippen LogP contribution in [-0.4, -0.2) is 74.6 Å². The second kappa shape index (κ2) is 13.3. The summed E-state index contributed by atoms with van der Waals surface area (Å²) < 4.78 is 15.4. The van der Waals surface area contributed by atoms with Crippen LogP contribution in [0, 0.1) is 15.5 Å². The van der Waals surface area contributed by atoms with E-state index in [1.165, 1.54) is 29.2 Å². The second-order valence-electron chi connectivity index (χ2n) is 10.4. The third-order valence-corrected chi connectivity index (χ3v) is 8.49. The van der Waals surface area contributed by atoms with E-state index in [0.29, 0.717) is 16.1 Å². The van der Waals surface area contributed by atoms with Crippen LogP contribution in [0.25, 0.3) is 0 Å². The fraction of sp³-hybridized carbons (Fsp3) is 0.312. The maximum atomic E-state index is 14.9. The average Bonchev–Trinajstić information content (AvgIpc) is 3.34. The Morgan fingerprint density at radius 3 is 1.98 bits per heavy atom. The molecule has 230 valence electrons. The highest BCUT2D eigenvalue weighted by molar-refractivity contribution is 6.30. The summed E-state index contributed by atoms with van der Waals surface area (Å²) in [4.78, 5) is 68.7. The molecule has 3 atom stereocenters. The smallest absolute Gasteiger partial charge is 0.329 e. The summed E-state index contributed by atoms with van der Waals surface area (Å²) in [6, 6.07) is 22.7. The quantitative estimate of drug-likeness (QED) is 0.103. The molecule has 0 spiro atoms. The van der Waals surface area contributed by atoms with E-state index < -0.39 is 64.5 Å². The van der Waals surface area contributed by atoms with Gasteiger partial charge in [-0.3, -0.25) is 29.3 Å². The first-order valence-corrected chi connectivity index (χ1v) is 14.0. The van der Waals surface area contributed by atoms with Crippen molar-refractivity contribution >= 4 is 35.4 Å². The van der Waals surface area contributed by atoms with Crippen molar-refractivity contribution in [3.8, 4) is 0 Å². The van der Waals surface area contributed by atoms with E-state index in [-0.39, 0.29) is 12.1 Å². The van der Waals surface area contributed by atoms with Gasteiger partial charge in [0, 0.05) is 22.4 Å². The van der Waals surface area contributed by atoms with Crippen LogP contribution >= 0.6 is 11.6 Å². The summed E-state index contributed by atoms with van der Waals surface area (Å²) in [6.07, 6.45) is 0. The molecule has 0 aliphatic carbocycles. The van der Waals surface area contributed by atoms with Gasteiger partial charge in [-0.05, 0) is 28.8 Å². The number of nitro groups is 1. The first-order valence-electron chi connectivity index (χ1n) is 13.6. The van der Waals surface area contributed by atoms with E-state index in [1.807, 2.05) is 0 Å². The number of carbonyl (C=O) groups excluding carboxylic acids is 4. The molecule has 11 nitrogen and oxygen atoms in total. The van der Waals surface area contributed by atoms with Crippen molar-refractivity contribution < 1.29 is 38.3 Å². The number of ether oxygens (including phenoxy) is 3. The van der Waals surface area contributed by atoms with Crippen LogP contribution in [0.1, 0.15) is 28.5 Å². The van der Waals surface area contributed by atoms with E-state index in [1.54, 1.807) is 60.7 Å². The van der Waals surface area contributed by atoms with Gasteiger partial charge in [0.15, 0.2) is 5.41 Å². The predicted octanol–water partition coefficient (Wildman–Crippen LogP) is 3.77. The first kappa shape index (κ1) is 32.2. The number of hydrogen-bond acceptors (Lipinski definition) is 9. The summed E-state index contributed by atoms with van der Waals surface area (Å²) in [5.41, 5.74) is -3.31. The highest BCUT2D eigenvalue weighted by Crippen LogP contribution is 2.54. The van der Waals surface area contributed by atoms with E-state index >= 15 is 0 Å². The summed E-state index contributed by atoms with van der Waals surface area (Å²) in [7, 11) is 3.29. The van der Waals surface area contributed by atoms with Gasteiger partial charge >= 0.3 is 17.9 Å². The molecule has 0 bridgehead atoms. The topological polar surface area (TPSA) is 142 Å². The number of esters is 3. The first-order chi connectivity index (χ1) is 21.1. The third kappa shape index (κ3) is 5.50. The zero-order chi connectivity index (χ0) is 32.1. The monoisotopic (exact) mass is 622 g/mol. The molecule has 3 aromatic rings. The fourth-order valence-electron chi connectivity index (χ4n) is 6.24. The molecule has 0 N–H and O–H groups in total. The lowest BCUT2D eigenvalue weighted by molar-refractivity contribution is -0.485. The number of halogens is 1. The van der Waals surface area contributed by atoms with Crippen LogP contribution in [0.2, 0.25) is 5.02 Å². The number of methoxy groups -OCH3 is 3. The van der Waals surface area contributed by atoms with Gasteiger partial charge in [0.05, 0.1) is 33.8 Å². The molecule has 0 saturated carbocycles. The van der Waals surface area contributed by atoms with Crippen molar-refractivity contribution in [2.75, 3.05) is 41.0 Å². The van der Waals surface area contributed by atoms with Gasteiger partial charge in [0.1, 0.15) is 0 Å². The zero-order valence-electron chi connectivity index (χ0n) is 24.3. The molecule has 3 aromatic carbocycles. The normalized spacial score (nSPS) is 18.8.